The molecule has 0 heterocycles. The maximum absolute atomic E-state index is 12.3. The van der Waals surface area contributed by atoms with Crippen LogP contribution in [0.1, 0.15) is 15.9 Å². The second-order valence-electron chi connectivity index (χ2n) is 4.46. The normalized spacial score (nSPS) is 10.2. The number of carbonyl (C=O) groups is 1. The number of para-hydroxylation sites is 1. The molecule has 0 spiro atoms. The number of carbonyl (C=O) groups excluding carboxylic acids is 1. The Balaban J connectivity index is 2.14. The van der Waals surface area contributed by atoms with Gasteiger partial charge in [-0.1, -0.05) is 23.7 Å². The number of hydrogen-bond donors (Lipinski definition) is 1. The molecule has 22 heavy (non-hydrogen) atoms. The second-order valence-corrected chi connectivity index (χ2v) is 6.06. The quantitative estimate of drug-likeness (QED) is 0.731. The Morgan fingerprint density at radius 2 is 2.00 bits per heavy atom. The Morgan fingerprint density at radius 3 is 2.64 bits per heavy atom. The molecule has 0 atom stereocenters. The van der Waals surface area contributed by atoms with Crippen molar-refractivity contribution in [2.24, 2.45) is 0 Å². The summed E-state index contributed by atoms with van der Waals surface area (Å²) in [7, 11) is 3.15. The summed E-state index contributed by atoms with van der Waals surface area (Å²) in [5.41, 5.74) is 1.44. The Labute approximate surface area is 147 Å². The van der Waals surface area contributed by atoms with Crippen LogP contribution in [0.3, 0.4) is 0 Å². The Kier molecular flexibility index (Phi) is 5.90. The molecule has 0 unspecified atom stereocenters. The van der Waals surface area contributed by atoms with Crippen molar-refractivity contribution in [2.75, 3.05) is 14.2 Å². The van der Waals surface area contributed by atoms with Crippen LogP contribution in [0.15, 0.2) is 36.4 Å². The molecule has 0 radical (unpaired) electrons. The van der Waals surface area contributed by atoms with Crippen LogP contribution >= 0.6 is 34.2 Å². The lowest BCUT2D eigenvalue weighted by atomic mass is 10.1. The standard InChI is InChI=1S/C16H15ClINO3/c1-21-14-5-3-4-10(15(14)22-2)9-19-16(20)12-7-6-11(17)8-13(12)18/h3-8H,9H2,1-2H3,(H,19,20). The van der Waals surface area contributed by atoms with Gasteiger partial charge in [-0.05, 0) is 46.9 Å². The molecule has 2 aromatic rings. The highest BCUT2D eigenvalue weighted by molar-refractivity contribution is 14.1. The molecule has 4 nitrogen and oxygen atoms in total. The molecule has 0 saturated carbocycles. The van der Waals surface area contributed by atoms with E-state index in [1.54, 1.807) is 32.4 Å². The minimum absolute atomic E-state index is 0.161. The molecule has 0 aliphatic heterocycles. The first-order valence-corrected chi connectivity index (χ1v) is 7.95. The van der Waals surface area contributed by atoms with Gasteiger partial charge in [0.25, 0.3) is 5.91 Å². The number of amides is 1. The summed E-state index contributed by atoms with van der Waals surface area (Å²) < 4.78 is 11.4. The maximum atomic E-state index is 12.3. The zero-order valence-corrected chi connectivity index (χ0v) is 15.1. The van der Waals surface area contributed by atoms with E-state index in [4.69, 9.17) is 21.1 Å². The van der Waals surface area contributed by atoms with E-state index in [0.717, 1.165) is 9.13 Å². The van der Waals surface area contributed by atoms with Crippen molar-refractivity contribution >= 4 is 40.1 Å². The third-order valence-corrected chi connectivity index (χ3v) is 4.23. The lowest BCUT2D eigenvalue weighted by Crippen LogP contribution is -2.24. The van der Waals surface area contributed by atoms with Crippen LogP contribution in [-0.4, -0.2) is 20.1 Å². The monoisotopic (exact) mass is 431 g/mol. The van der Waals surface area contributed by atoms with Gasteiger partial charge in [0.1, 0.15) is 0 Å². The summed E-state index contributed by atoms with van der Waals surface area (Å²) >= 11 is 7.99. The van der Waals surface area contributed by atoms with Gasteiger partial charge in [-0.3, -0.25) is 4.79 Å². The Hall–Kier alpha value is -1.47. The minimum Gasteiger partial charge on any atom is -0.493 e. The van der Waals surface area contributed by atoms with E-state index < -0.39 is 0 Å². The summed E-state index contributed by atoms with van der Waals surface area (Å²) in [5.74, 6) is 1.09. The van der Waals surface area contributed by atoms with E-state index in [1.807, 2.05) is 18.2 Å². The average molecular weight is 432 g/mol. The average Bonchev–Trinajstić information content (AvgIpc) is 2.51. The molecule has 0 saturated heterocycles. The highest BCUT2D eigenvalue weighted by Gasteiger charge is 2.13. The van der Waals surface area contributed by atoms with Crippen molar-refractivity contribution in [3.63, 3.8) is 0 Å². The summed E-state index contributed by atoms with van der Waals surface area (Å²) in [6.45, 7) is 0.345. The lowest BCUT2D eigenvalue weighted by Gasteiger charge is -2.13. The fourth-order valence-electron chi connectivity index (χ4n) is 2.04. The maximum Gasteiger partial charge on any atom is 0.252 e. The van der Waals surface area contributed by atoms with Gasteiger partial charge in [0, 0.05) is 20.7 Å². The lowest BCUT2D eigenvalue weighted by molar-refractivity contribution is 0.0949. The third kappa shape index (κ3) is 3.84. The summed E-state index contributed by atoms with van der Waals surface area (Å²) in [4.78, 5) is 12.3. The fourth-order valence-corrected chi connectivity index (χ4v) is 3.15. The predicted octanol–water partition coefficient (Wildman–Crippen LogP) is 3.89. The van der Waals surface area contributed by atoms with Crippen LogP contribution in [0.25, 0.3) is 0 Å². The zero-order valence-electron chi connectivity index (χ0n) is 12.2. The third-order valence-electron chi connectivity index (χ3n) is 3.10. The highest BCUT2D eigenvalue weighted by Crippen LogP contribution is 2.30. The van der Waals surface area contributed by atoms with Gasteiger partial charge >= 0.3 is 0 Å². The van der Waals surface area contributed by atoms with Crippen molar-refractivity contribution in [2.45, 2.75) is 6.54 Å². The van der Waals surface area contributed by atoms with E-state index in [0.29, 0.717) is 28.6 Å². The zero-order chi connectivity index (χ0) is 16.1. The van der Waals surface area contributed by atoms with Gasteiger partial charge in [-0.25, -0.2) is 0 Å². The number of rotatable bonds is 5. The van der Waals surface area contributed by atoms with E-state index >= 15 is 0 Å². The first-order chi connectivity index (χ1) is 10.6. The smallest absolute Gasteiger partial charge is 0.252 e. The number of methoxy groups -OCH3 is 2. The molecular formula is C16H15ClINO3. The van der Waals surface area contributed by atoms with Crippen LogP contribution in [0.5, 0.6) is 11.5 Å². The second kappa shape index (κ2) is 7.69. The number of halogens is 2. The Bertz CT molecular complexity index is 691. The highest BCUT2D eigenvalue weighted by atomic mass is 127. The van der Waals surface area contributed by atoms with Gasteiger partial charge in [0.05, 0.1) is 19.8 Å². The topological polar surface area (TPSA) is 47.6 Å². The molecule has 0 bridgehead atoms. The number of hydrogen-bond acceptors (Lipinski definition) is 3. The molecule has 1 amide bonds. The van der Waals surface area contributed by atoms with Gasteiger partial charge in [0.2, 0.25) is 0 Å². The minimum atomic E-state index is -0.161. The fraction of sp³-hybridized carbons (Fsp3) is 0.188. The summed E-state index contributed by atoms with van der Waals surface area (Å²) in [6.07, 6.45) is 0. The molecule has 6 heteroatoms. The first-order valence-electron chi connectivity index (χ1n) is 6.50. The van der Waals surface area contributed by atoms with Crippen molar-refractivity contribution < 1.29 is 14.3 Å². The van der Waals surface area contributed by atoms with Crippen molar-refractivity contribution in [1.29, 1.82) is 0 Å². The van der Waals surface area contributed by atoms with E-state index in [9.17, 15) is 4.79 Å². The van der Waals surface area contributed by atoms with Crippen molar-refractivity contribution in [3.8, 4) is 11.5 Å². The van der Waals surface area contributed by atoms with Crippen molar-refractivity contribution in [3.05, 3.63) is 56.1 Å². The van der Waals surface area contributed by atoms with Crippen LogP contribution in [0, 0.1) is 3.57 Å². The molecule has 0 aromatic heterocycles. The van der Waals surface area contributed by atoms with Crippen LogP contribution < -0.4 is 14.8 Å². The molecular weight excluding hydrogens is 417 g/mol. The van der Waals surface area contributed by atoms with Crippen molar-refractivity contribution in [1.82, 2.24) is 5.32 Å². The van der Waals surface area contributed by atoms with E-state index in [2.05, 4.69) is 27.9 Å². The van der Waals surface area contributed by atoms with Gasteiger partial charge < -0.3 is 14.8 Å². The van der Waals surface area contributed by atoms with E-state index in [1.165, 1.54) is 0 Å². The SMILES string of the molecule is COc1cccc(CNC(=O)c2ccc(Cl)cc2I)c1OC. The number of ether oxygens (including phenoxy) is 2. The molecule has 2 rings (SSSR count). The van der Waals surface area contributed by atoms with Gasteiger partial charge in [0.15, 0.2) is 11.5 Å². The van der Waals surface area contributed by atoms with Crippen LogP contribution in [0.4, 0.5) is 0 Å². The number of benzene rings is 2. The largest absolute Gasteiger partial charge is 0.493 e. The Morgan fingerprint density at radius 1 is 1.23 bits per heavy atom. The molecule has 116 valence electrons. The predicted molar refractivity (Wildman–Crippen MR) is 94.9 cm³/mol. The summed E-state index contributed by atoms with van der Waals surface area (Å²) in [5, 5.41) is 3.49. The first kappa shape index (κ1) is 16.9. The molecule has 0 aliphatic rings. The van der Waals surface area contributed by atoms with Gasteiger partial charge in [-0.15, -0.1) is 0 Å². The summed E-state index contributed by atoms with van der Waals surface area (Å²) in [6, 6.07) is 10.7. The van der Waals surface area contributed by atoms with E-state index in [-0.39, 0.29) is 5.91 Å². The van der Waals surface area contributed by atoms with Crippen LogP contribution in [-0.2, 0) is 6.54 Å². The number of nitrogens with one attached hydrogen (secondary N) is 1. The van der Waals surface area contributed by atoms with Crippen LogP contribution in [0.2, 0.25) is 5.02 Å². The van der Waals surface area contributed by atoms with Gasteiger partial charge in [-0.2, -0.15) is 0 Å². The molecule has 0 aliphatic carbocycles. The molecule has 0 fully saturated rings. The molecule has 2 aromatic carbocycles. The molecule has 1 N–H and O–H groups in total.